The van der Waals surface area contributed by atoms with Crippen molar-refractivity contribution >= 4 is 6.29 Å². The summed E-state index contributed by atoms with van der Waals surface area (Å²) in [6, 6.07) is 0. The van der Waals surface area contributed by atoms with E-state index >= 15 is 0 Å². The fourth-order valence-corrected chi connectivity index (χ4v) is 1.95. The van der Waals surface area contributed by atoms with Gasteiger partial charge in [0.2, 0.25) is 5.70 Å². The van der Waals surface area contributed by atoms with E-state index in [1.54, 1.807) is 6.08 Å². The molecule has 123 valence electrons. The number of unbranched alkanes of at least 4 members (excludes halogenated alkanes) is 6. The molecule has 0 N–H and O–H groups in total. The average molecular weight is 306 g/mol. The van der Waals surface area contributed by atoms with E-state index < -0.39 is 0 Å². The van der Waals surface area contributed by atoms with Crippen LogP contribution in [0.4, 0.5) is 0 Å². The van der Waals surface area contributed by atoms with Gasteiger partial charge in [0.25, 0.3) is 0 Å². The van der Waals surface area contributed by atoms with Crippen LogP contribution in [0, 0.1) is 10.1 Å². The number of nitro groups is 1. The zero-order chi connectivity index (χ0) is 16.5. The third kappa shape index (κ3) is 13.3. The fraction of sp³-hybridized carbons (Fsp3) is 0.611. The lowest BCUT2D eigenvalue weighted by atomic mass is 10.1. The molecule has 0 bridgehead atoms. The van der Waals surface area contributed by atoms with Gasteiger partial charge in [-0.1, -0.05) is 44.1 Å². The zero-order valence-corrected chi connectivity index (χ0v) is 13.6. The number of carbonyl (C=O) groups excluding carboxylic acids is 1. The van der Waals surface area contributed by atoms with Crippen molar-refractivity contribution in [3.05, 3.63) is 46.2 Å². The van der Waals surface area contributed by atoms with Gasteiger partial charge in [-0.25, -0.2) is 0 Å². The van der Waals surface area contributed by atoms with Gasteiger partial charge in [0.1, 0.15) is 0 Å². The molecule has 1 radical (unpaired) electrons. The van der Waals surface area contributed by atoms with Gasteiger partial charge in [0.05, 0.1) is 11.3 Å². The fourth-order valence-electron chi connectivity index (χ4n) is 1.95. The lowest BCUT2D eigenvalue weighted by molar-refractivity contribution is -0.427. The highest BCUT2D eigenvalue weighted by Crippen LogP contribution is 2.09. The summed E-state index contributed by atoms with van der Waals surface area (Å²) in [5, 5.41) is 10.9. The molecule has 0 saturated carbocycles. The summed E-state index contributed by atoms with van der Waals surface area (Å²) in [6.45, 7) is 2.19. The largest absolute Gasteiger partial charge is 0.291 e. The molecule has 0 atom stereocenters. The molecule has 0 amide bonds. The summed E-state index contributed by atoms with van der Waals surface area (Å²) in [4.78, 5) is 20.6. The summed E-state index contributed by atoms with van der Waals surface area (Å²) >= 11 is 0. The van der Waals surface area contributed by atoms with Gasteiger partial charge in [-0.2, -0.15) is 0 Å². The minimum Gasteiger partial charge on any atom is -0.291 e. The first-order valence-electron chi connectivity index (χ1n) is 8.20. The molecule has 4 heteroatoms. The molecule has 0 aromatic rings. The van der Waals surface area contributed by atoms with Gasteiger partial charge in [0.15, 0.2) is 6.29 Å². The molecule has 0 spiro atoms. The molecule has 0 aliphatic rings. The average Bonchev–Trinajstić information content (AvgIpc) is 2.50. The highest BCUT2D eigenvalue weighted by Gasteiger charge is 2.06. The number of nitrogens with zero attached hydrogens (tertiary/aromatic N) is 1. The van der Waals surface area contributed by atoms with Gasteiger partial charge in [-0.3, -0.25) is 14.9 Å². The Hall–Kier alpha value is -1.71. The van der Waals surface area contributed by atoms with Gasteiger partial charge >= 0.3 is 0 Å². The van der Waals surface area contributed by atoms with Crippen LogP contribution in [0.3, 0.4) is 0 Å². The molecule has 0 aromatic heterocycles. The molecule has 0 aliphatic heterocycles. The monoisotopic (exact) mass is 306 g/mol. The Morgan fingerprint density at radius 2 is 1.77 bits per heavy atom. The lowest BCUT2D eigenvalue weighted by Gasteiger charge is -1.95. The van der Waals surface area contributed by atoms with E-state index in [0.717, 1.165) is 25.7 Å². The molecule has 0 saturated heterocycles. The molecule has 22 heavy (non-hydrogen) atoms. The van der Waals surface area contributed by atoms with E-state index in [-0.39, 0.29) is 10.6 Å². The summed E-state index contributed by atoms with van der Waals surface area (Å²) in [5.41, 5.74) is 0.234. The Kier molecular flexibility index (Phi) is 14.5. The number of allylic oxidation sites excluding steroid dienone is 5. The molecule has 0 heterocycles. The second kappa shape index (κ2) is 15.7. The minimum absolute atomic E-state index is 0.234. The molecular weight excluding hydrogens is 278 g/mol. The van der Waals surface area contributed by atoms with Gasteiger partial charge in [0, 0.05) is 6.42 Å². The summed E-state index contributed by atoms with van der Waals surface area (Å²) in [5.74, 6) is 0. The highest BCUT2D eigenvalue weighted by atomic mass is 16.6. The second-order valence-corrected chi connectivity index (χ2v) is 5.22. The maximum atomic E-state index is 10.9. The van der Waals surface area contributed by atoms with E-state index in [1.165, 1.54) is 19.3 Å². The first-order chi connectivity index (χ1) is 10.7. The predicted octanol–water partition coefficient (Wildman–Crippen LogP) is 5.29. The van der Waals surface area contributed by atoms with Crippen LogP contribution in [-0.2, 0) is 4.79 Å². The Morgan fingerprint density at radius 1 is 1.05 bits per heavy atom. The first-order valence-corrected chi connectivity index (χ1v) is 8.20. The van der Waals surface area contributed by atoms with Gasteiger partial charge in [-0.05, 0) is 44.6 Å². The second-order valence-electron chi connectivity index (χ2n) is 5.22. The number of hydrogen-bond acceptors (Lipinski definition) is 3. The van der Waals surface area contributed by atoms with Crippen LogP contribution in [0.5, 0.6) is 0 Å². The van der Waals surface area contributed by atoms with Crippen LogP contribution in [0.1, 0.15) is 71.1 Å². The van der Waals surface area contributed by atoms with E-state index in [2.05, 4.69) is 19.1 Å². The van der Waals surface area contributed by atoms with Crippen molar-refractivity contribution in [2.75, 3.05) is 0 Å². The van der Waals surface area contributed by atoms with Gasteiger partial charge < -0.3 is 0 Å². The van der Waals surface area contributed by atoms with Gasteiger partial charge in [-0.15, -0.1) is 0 Å². The lowest BCUT2D eigenvalue weighted by Crippen LogP contribution is -1.97. The maximum absolute atomic E-state index is 10.9. The van der Waals surface area contributed by atoms with E-state index in [1.807, 2.05) is 18.4 Å². The predicted molar refractivity (Wildman–Crippen MR) is 90.9 cm³/mol. The normalized spacial score (nSPS) is 12.3. The minimum atomic E-state index is -0.323. The first kappa shape index (κ1) is 20.3. The van der Waals surface area contributed by atoms with Crippen LogP contribution in [-0.4, -0.2) is 11.2 Å². The van der Waals surface area contributed by atoms with Crippen LogP contribution in [0.2, 0.25) is 0 Å². The molecule has 0 fully saturated rings. The van der Waals surface area contributed by atoms with E-state index in [4.69, 9.17) is 0 Å². The third-order valence-electron chi connectivity index (χ3n) is 3.25. The van der Waals surface area contributed by atoms with Crippen LogP contribution in [0.15, 0.2) is 36.1 Å². The summed E-state index contributed by atoms with van der Waals surface area (Å²) in [7, 11) is 0. The quantitative estimate of drug-likeness (QED) is 0.189. The standard InChI is InChI=1S/C18H28NO3/c1-2-3-4-5-6-7-8-9-12-15-18(19(21)22)16-13-10-11-14-17-20/h6-7,9,12,16H,2-5,8,10-11,13-15H2,1H3/b7-6+,12-9+,18-16-. The number of rotatable bonds is 14. The Bertz CT molecular complexity index is 384. The van der Waals surface area contributed by atoms with Crippen molar-refractivity contribution in [3.63, 3.8) is 0 Å². The van der Waals surface area contributed by atoms with Crippen molar-refractivity contribution < 1.29 is 9.72 Å². The SMILES string of the molecule is CCCCC/C=C/C/C=C/C/C(=C/CCCC[C]=O)[N+](=O)[O-]. The Balaban J connectivity index is 3.93. The highest BCUT2D eigenvalue weighted by molar-refractivity contribution is 5.50. The van der Waals surface area contributed by atoms with Crippen LogP contribution in [0.25, 0.3) is 0 Å². The smallest absolute Gasteiger partial charge is 0.246 e. The van der Waals surface area contributed by atoms with Crippen LogP contribution < -0.4 is 0 Å². The van der Waals surface area contributed by atoms with Crippen molar-refractivity contribution in [2.45, 2.75) is 71.1 Å². The zero-order valence-electron chi connectivity index (χ0n) is 13.6. The van der Waals surface area contributed by atoms with E-state index in [9.17, 15) is 14.9 Å². The summed E-state index contributed by atoms with van der Waals surface area (Å²) < 4.78 is 0. The van der Waals surface area contributed by atoms with Crippen molar-refractivity contribution in [1.29, 1.82) is 0 Å². The Morgan fingerprint density at radius 3 is 2.45 bits per heavy atom. The van der Waals surface area contributed by atoms with Crippen molar-refractivity contribution in [1.82, 2.24) is 0 Å². The van der Waals surface area contributed by atoms with E-state index in [0.29, 0.717) is 19.3 Å². The molecule has 0 rings (SSSR count). The van der Waals surface area contributed by atoms with Crippen LogP contribution >= 0.6 is 0 Å². The van der Waals surface area contributed by atoms with Crippen molar-refractivity contribution in [3.8, 4) is 0 Å². The third-order valence-corrected chi connectivity index (χ3v) is 3.25. The maximum Gasteiger partial charge on any atom is 0.246 e. The van der Waals surface area contributed by atoms with Crippen molar-refractivity contribution in [2.24, 2.45) is 0 Å². The Labute approximate surface area is 134 Å². The molecule has 0 unspecified atom stereocenters. The summed E-state index contributed by atoms with van der Waals surface area (Å²) in [6.07, 6.45) is 20.2. The number of hydrogen-bond donors (Lipinski definition) is 0. The molecule has 0 aromatic carbocycles. The molecule has 4 nitrogen and oxygen atoms in total. The molecule has 0 aliphatic carbocycles. The topological polar surface area (TPSA) is 60.2 Å². The molecular formula is C18H28NO3.